The molecule has 3 heterocycles. The van der Waals surface area contributed by atoms with Gasteiger partial charge >= 0.3 is 0 Å². The zero-order valence-corrected chi connectivity index (χ0v) is 13.4. The van der Waals surface area contributed by atoms with Gasteiger partial charge in [-0.15, -0.1) is 11.3 Å². The minimum absolute atomic E-state index is 0.290. The molecule has 0 atom stereocenters. The Kier molecular flexibility index (Phi) is 4.51. The fraction of sp³-hybridized carbons (Fsp3) is 0.500. The van der Waals surface area contributed by atoms with Crippen LogP contribution in [0.5, 0.6) is 5.88 Å². The molecule has 4 nitrogen and oxygen atoms in total. The SMILES string of the molecule is Cc1ncc(CN2CCC(Oc3ncccc3C)CC2)s1. The Morgan fingerprint density at radius 1 is 1.29 bits per heavy atom. The highest BCUT2D eigenvalue weighted by molar-refractivity contribution is 7.11. The number of hydrogen-bond donors (Lipinski definition) is 0. The maximum absolute atomic E-state index is 6.04. The molecule has 112 valence electrons. The third-order valence-electron chi connectivity index (χ3n) is 3.82. The van der Waals surface area contributed by atoms with Crippen LogP contribution in [0.25, 0.3) is 0 Å². The van der Waals surface area contributed by atoms with E-state index in [0.29, 0.717) is 0 Å². The van der Waals surface area contributed by atoms with Crippen molar-refractivity contribution in [1.82, 2.24) is 14.9 Å². The van der Waals surface area contributed by atoms with Gasteiger partial charge in [0.2, 0.25) is 5.88 Å². The van der Waals surface area contributed by atoms with Crippen LogP contribution in [-0.2, 0) is 6.54 Å². The van der Waals surface area contributed by atoms with E-state index in [9.17, 15) is 0 Å². The van der Waals surface area contributed by atoms with Crippen LogP contribution in [0.4, 0.5) is 0 Å². The molecule has 0 spiro atoms. The van der Waals surface area contributed by atoms with E-state index in [4.69, 9.17) is 4.74 Å². The first-order valence-electron chi connectivity index (χ1n) is 7.42. The fourth-order valence-corrected chi connectivity index (χ4v) is 3.47. The van der Waals surface area contributed by atoms with Gasteiger partial charge < -0.3 is 4.74 Å². The van der Waals surface area contributed by atoms with Gasteiger partial charge in [0.15, 0.2) is 0 Å². The molecule has 0 aromatic carbocycles. The van der Waals surface area contributed by atoms with Crippen molar-refractivity contribution < 1.29 is 4.74 Å². The van der Waals surface area contributed by atoms with Crippen molar-refractivity contribution >= 4 is 11.3 Å². The predicted molar refractivity (Wildman–Crippen MR) is 84.8 cm³/mol. The van der Waals surface area contributed by atoms with Crippen LogP contribution < -0.4 is 4.74 Å². The second kappa shape index (κ2) is 6.54. The lowest BCUT2D eigenvalue weighted by atomic mass is 10.1. The highest BCUT2D eigenvalue weighted by Gasteiger charge is 2.21. The Hall–Kier alpha value is -1.46. The van der Waals surface area contributed by atoms with Crippen molar-refractivity contribution in [3.05, 3.63) is 40.0 Å². The molecule has 1 saturated heterocycles. The fourth-order valence-electron chi connectivity index (χ4n) is 2.64. The van der Waals surface area contributed by atoms with Crippen molar-refractivity contribution in [1.29, 1.82) is 0 Å². The van der Waals surface area contributed by atoms with Crippen LogP contribution in [0.1, 0.15) is 28.3 Å². The summed E-state index contributed by atoms with van der Waals surface area (Å²) in [7, 11) is 0. The van der Waals surface area contributed by atoms with Crippen molar-refractivity contribution in [2.75, 3.05) is 13.1 Å². The normalized spacial score (nSPS) is 17.0. The molecule has 0 aliphatic carbocycles. The maximum Gasteiger partial charge on any atom is 0.216 e. The standard InChI is InChI=1S/C16H21N3OS/c1-12-4-3-7-17-16(12)20-14-5-8-19(9-6-14)11-15-10-18-13(2)21-15/h3-4,7,10,14H,5-6,8-9,11H2,1-2H3. The number of pyridine rings is 1. The van der Waals surface area contributed by atoms with Gasteiger partial charge in [-0.1, -0.05) is 6.07 Å². The topological polar surface area (TPSA) is 38.2 Å². The minimum Gasteiger partial charge on any atom is -0.474 e. The highest BCUT2D eigenvalue weighted by atomic mass is 32.1. The van der Waals surface area contributed by atoms with Gasteiger partial charge in [0.25, 0.3) is 0 Å². The lowest BCUT2D eigenvalue weighted by Crippen LogP contribution is -2.37. The largest absolute Gasteiger partial charge is 0.474 e. The third-order valence-corrected chi connectivity index (χ3v) is 4.72. The molecule has 1 fully saturated rings. The Balaban J connectivity index is 1.50. The molecule has 0 amide bonds. The lowest BCUT2D eigenvalue weighted by molar-refractivity contribution is 0.0931. The van der Waals surface area contributed by atoms with Crippen molar-refractivity contribution in [3.8, 4) is 5.88 Å². The van der Waals surface area contributed by atoms with Gasteiger partial charge in [0, 0.05) is 42.5 Å². The Labute approximate surface area is 129 Å². The molecule has 21 heavy (non-hydrogen) atoms. The molecule has 1 aliphatic heterocycles. The number of rotatable bonds is 4. The zero-order chi connectivity index (χ0) is 14.7. The summed E-state index contributed by atoms with van der Waals surface area (Å²) in [5.74, 6) is 0.786. The van der Waals surface area contributed by atoms with Gasteiger partial charge in [-0.05, 0) is 32.8 Å². The van der Waals surface area contributed by atoms with E-state index >= 15 is 0 Å². The van der Waals surface area contributed by atoms with E-state index in [-0.39, 0.29) is 6.10 Å². The van der Waals surface area contributed by atoms with Gasteiger partial charge in [-0.25, -0.2) is 9.97 Å². The summed E-state index contributed by atoms with van der Waals surface area (Å²) >= 11 is 1.79. The number of aromatic nitrogens is 2. The second-order valence-corrected chi connectivity index (χ2v) is 6.88. The number of nitrogens with zero attached hydrogens (tertiary/aromatic N) is 3. The third kappa shape index (κ3) is 3.80. The van der Waals surface area contributed by atoms with E-state index < -0.39 is 0 Å². The lowest BCUT2D eigenvalue weighted by Gasteiger charge is -2.31. The summed E-state index contributed by atoms with van der Waals surface area (Å²) < 4.78 is 6.04. The number of ether oxygens (including phenoxy) is 1. The smallest absolute Gasteiger partial charge is 0.216 e. The number of likely N-dealkylation sites (tertiary alicyclic amines) is 1. The number of aryl methyl sites for hydroxylation is 2. The van der Waals surface area contributed by atoms with Gasteiger partial charge in [-0.2, -0.15) is 0 Å². The molecular weight excluding hydrogens is 282 g/mol. The Bertz CT molecular complexity index is 591. The number of piperidine rings is 1. The molecule has 0 radical (unpaired) electrons. The first-order valence-corrected chi connectivity index (χ1v) is 8.24. The molecule has 3 rings (SSSR count). The predicted octanol–water partition coefficient (Wildman–Crippen LogP) is 3.20. The number of thiazole rings is 1. The van der Waals surface area contributed by atoms with E-state index in [2.05, 4.69) is 21.8 Å². The molecule has 0 unspecified atom stereocenters. The summed E-state index contributed by atoms with van der Waals surface area (Å²) in [6.45, 7) is 7.27. The molecule has 2 aromatic rings. The van der Waals surface area contributed by atoms with E-state index in [1.165, 1.54) is 4.88 Å². The van der Waals surface area contributed by atoms with Crippen LogP contribution >= 0.6 is 11.3 Å². The van der Waals surface area contributed by atoms with Gasteiger partial charge in [-0.3, -0.25) is 4.90 Å². The summed E-state index contributed by atoms with van der Waals surface area (Å²) in [5.41, 5.74) is 1.11. The minimum atomic E-state index is 0.290. The molecule has 2 aromatic heterocycles. The average molecular weight is 303 g/mol. The summed E-state index contributed by atoms with van der Waals surface area (Å²) in [5, 5.41) is 1.15. The van der Waals surface area contributed by atoms with Crippen molar-refractivity contribution in [2.45, 2.75) is 39.3 Å². The van der Waals surface area contributed by atoms with Crippen LogP contribution in [0, 0.1) is 13.8 Å². The van der Waals surface area contributed by atoms with Crippen molar-refractivity contribution in [3.63, 3.8) is 0 Å². The monoisotopic (exact) mass is 303 g/mol. The zero-order valence-electron chi connectivity index (χ0n) is 12.6. The van der Waals surface area contributed by atoms with Gasteiger partial charge in [0.05, 0.1) is 5.01 Å². The maximum atomic E-state index is 6.04. The Morgan fingerprint density at radius 3 is 2.76 bits per heavy atom. The summed E-state index contributed by atoms with van der Waals surface area (Å²) in [6.07, 6.45) is 6.21. The second-order valence-electron chi connectivity index (χ2n) is 5.56. The average Bonchev–Trinajstić information content (AvgIpc) is 2.89. The number of hydrogen-bond acceptors (Lipinski definition) is 5. The molecule has 0 N–H and O–H groups in total. The van der Waals surface area contributed by atoms with Crippen LogP contribution in [-0.4, -0.2) is 34.1 Å². The molecule has 1 aliphatic rings. The molecular formula is C16H21N3OS. The van der Waals surface area contributed by atoms with Crippen LogP contribution in [0.2, 0.25) is 0 Å². The van der Waals surface area contributed by atoms with E-state index in [1.54, 1.807) is 17.5 Å². The summed E-state index contributed by atoms with van der Waals surface area (Å²) in [4.78, 5) is 12.5. The van der Waals surface area contributed by atoms with E-state index in [1.807, 2.05) is 25.3 Å². The van der Waals surface area contributed by atoms with Crippen molar-refractivity contribution in [2.24, 2.45) is 0 Å². The first kappa shape index (κ1) is 14.5. The first-order chi connectivity index (χ1) is 10.2. The highest BCUT2D eigenvalue weighted by Crippen LogP contribution is 2.22. The summed E-state index contributed by atoms with van der Waals surface area (Å²) in [6, 6.07) is 3.99. The van der Waals surface area contributed by atoms with Crippen LogP contribution in [0.3, 0.4) is 0 Å². The van der Waals surface area contributed by atoms with Crippen LogP contribution in [0.15, 0.2) is 24.5 Å². The Morgan fingerprint density at radius 2 is 2.10 bits per heavy atom. The molecule has 5 heteroatoms. The molecule has 0 bridgehead atoms. The van der Waals surface area contributed by atoms with E-state index in [0.717, 1.165) is 48.9 Å². The quantitative estimate of drug-likeness (QED) is 0.869. The van der Waals surface area contributed by atoms with Gasteiger partial charge in [0.1, 0.15) is 6.10 Å². The molecule has 0 saturated carbocycles.